The Bertz CT molecular complexity index is 449. The molecule has 0 aliphatic carbocycles. The Labute approximate surface area is 135 Å². The Balaban J connectivity index is 2.37. The third-order valence-electron chi connectivity index (χ3n) is 3.87. The highest BCUT2D eigenvalue weighted by Crippen LogP contribution is 2.16. The molecule has 6 nitrogen and oxygen atoms in total. The molecule has 7 heteroatoms. The number of amides is 1. The van der Waals surface area contributed by atoms with Gasteiger partial charge in [0.25, 0.3) is 0 Å². The van der Waals surface area contributed by atoms with Crippen LogP contribution < -0.4 is 10.0 Å². The van der Waals surface area contributed by atoms with Crippen molar-refractivity contribution in [2.75, 3.05) is 32.7 Å². The Hall–Kier alpha value is -0.660. The number of sulfonamides is 1. The molecule has 0 saturated carbocycles. The molecule has 22 heavy (non-hydrogen) atoms. The van der Waals surface area contributed by atoms with E-state index in [1.54, 1.807) is 13.8 Å². The van der Waals surface area contributed by atoms with Crippen molar-refractivity contribution < 1.29 is 13.2 Å². The van der Waals surface area contributed by atoms with Gasteiger partial charge in [-0.2, -0.15) is 0 Å². The molecule has 0 unspecified atom stereocenters. The third kappa shape index (κ3) is 7.07. The van der Waals surface area contributed by atoms with Crippen molar-refractivity contribution in [3.8, 4) is 0 Å². The van der Waals surface area contributed by atoms with E-state index in [9.17, 15) is 13.2 Å². The van der Waals surface area contributed by atoms with Crippen molar-refractivity contribution in [2.45, 2.75) is 45.8 Å². The van der Waals surface area contributed by atoms with Crippen LogP contribution in [0.5, 0.6) is 0 Å². The molecule has 0 bridgehead atoms. The monoisotopic (exact) mass is 333 g/mol. The van der Waals surface area contributed by atoms with Gasteiger partial charge in [0, 0.05) is 19.6 Å². The topological polar surface area (TPSA) is 78.5 Å². The molecule has 0 aromatic heterocycles. The van der Waals surface area contributed by atoms with E-state index in [-0.39, 0.29) is 11.8 Å². The van der Waals surface area contributed by atoms with Gasteiger partial charge in [-0.05, 0) is 45.1 Å². The van der Waals surface area contributed by atoms with Crippen LogP contribution in [-0.4, -0.2) is 57.2 Å². The summed E-state index contributed by atoms with van der Waals surface area (Å²) >= 11 is 0. The van der Waals surface area contributed by atoms with Crippen LogP contribution in [0.4, 0.5) is 0 Å². The first-order chi connectivity index (χ1) is 10.2. The van der Waals surface area contributed by atoms with Crippen molar-refractivity contribution in [1.82, 2.24) is 14.9 Å². The maximum atomic E-state index is 11.9. The highest BCUT2D eigenvalue weighted by Gasteiger charge is 2.24. The van der Waals surface area contributed by atoms with E-state index >= 15 is 0 Å². The fourth-order valence-electron chi connectivity index (χ4n) is 2.44. The zero-order valence-electron chi connectivity index (χ0n) is 14.3. The lowest BCUT2D eigenvalue weighted by atomic mass is 9.98. The van der Waals surface area contributed by atoms with Crippen LogP contribution in [0.1, 0.15) is 40.5 Å². The molecular formula is C15H31N3O3S. The van der Waals surface area contributed by atoms with Crippen molar-refractivity contribution >= 4 is 15.9 Å². The zero-order valence-corrected chi connectivity index (χ0v) is 15.1. The van der Waals surface area contributed by atoms with E-state index in [4.69, 9.17) is 0 Å². The fraction of sp³-hybridized carbons (Fsp3) is 0.933. The fourth-order valence-corrected chi connectivity index (χ4v) is 3.24. The summed E-state index contributed by atoms with van der Waals surface area (Å²) in [7, 11) is -3.20. The van der Waals surface area contributed by atoms with Gasteiger partial charge in [0.05, 0.1) is 11.8 Å². The standard InChI is InChI=1S/C15H31N3O3S/c1-12(2)8-16-15(19)11-18-7-5-6-14(10-18)9-17-22(20,21)13(3)4/h12-14,17H,5-11H2,1-4H3,(H,16,19)/t14-/m1/s1. The second-order valence-corrected chi connectivity index (χ2v) is 9.21. The maximum Gasteiger partial charge on any atom is 0.234 e. The largest absolute Gasteiger partial charge is 0.355 e. The number of hydrogen-bond donors (Lipinski definition) is 2. The lowest BCUT2D eigenvalue weighted by molar-refractivity contribution is -0.122. The SMILES string of the molecule is CC(C)CNC(=O)CN1CCC[C@H](CNS(=O)(=O)C(C)C)C1. The second kappa shape index (κ2) is 8.84. The molecule has 0 spiro atoms. The number of likely N-dealkylation sites (tertiary alicyclic amines) is 1. The lowest BCUT2D eigenvalue weighted by Gasteiger charge is -2.32. The average molecular weight is 333 g/mol. The molecule has 0 radical (unpaired) electrons. The molecule has 130 valence electrons. The Morgan fingerprint density at radius 2 is 1.95 bits per heavy atom. The van der Waals surface area contributed by atoms with E-state index < -0.39 is 15.3 Å². The molecule has 1 heterocycles. The number of nitrogens with one attached hydrogen (secondary N) is 2. The summed E-state index contributed by atoms with van der Waals surface area (Å²) in [5.74, 6) is 0.778. The van der Waals surface area contributed by atoms with Gasteiger partial charge in [0.1, 0.15) is 0 Å². The summed E-state index contributed by atoms with van der Waals surface area (Å²) in [5.41, 5.74) is 0. The van der Waals surface area contributed by atoms with E-state index in [1.807, 2.05) is 0 Å². The number of rotatable bonds is 8. The molecular weight excluding hydrogens is 302 g/mol. The summed E-state index contributed by atoms with van der Waals surface area (Å²) in [6, 6.07) is 0. The van der Waals surface area contributed by atoms with Crippen LogP contribution >= 0.6 is 0 Å². The maximum absolute atomic E-state index is 11.9. The molecule has 1 saturated heterocycles. The van der Waals surface area contributed by atoms with Crippen molar-refractivity contribution in [1.29, 1.82) is 0 Å². The first-order valence-corrected chi connectivity index (χ1v) is 9.73. The number of hydrogen-bond acceptors (Lipinski definition) is 4. The molecule has 1 amide bonds. The van der Waals surface area contributed by atoms with Gasteiger partial charge in [-0.25, -0.2) is 13.1 Å². The van der Waals surface area contributed by atoms with Gasteiger partial charge < -0.3 is 5.32 Å². The van der Waals surface area contributed by atoms with Gasteiger partial charge in [0.2, 0.25) is 15.9 Å². The molecule has 0 aromatic carbocycles. The molecule has 1 rings (SSSR count). The normalized spacial score (nSPS) is 20.5. The minimum Gasteiger partial charge on any atom is -0.355 e. The van der Waals surface area contributed by atoms with E-state index in [0.717, 1.165) is 25.9 Å². The average Bonchev–Trinajstić information content (AvgIpc) is 2.43. The quantitative estimate of drug-likeness (QED) is 0.689. The van der Waals surface area contributed by atoms with E-state index in [0.29, 0.717) is 25.6 Å². The van der Waals surface area contributed by atoms with Crippen LogP contribution in [0, 0.1) is 11.8 Å². The number of piperidine rings is 1. The smallest absolute Gasteiger partial charge is 0.234 e. The van der Waals surface area contributed by atoms with Gasteiger partial charge in [-0.3, -0.25) is 9.69 Å². The van der Waals surface area contributed by atoms with Gasteiger partial charge in [-0.1, -0.05) is 13.8 Å². The predicted molar refractivity (Wildman–Crippen MR) is 89.1 cm³/mol. The highest BCUT2D eigenvalue weighted by molar-refractivity contribution is 7.90. The Morgan fingerprint density at radius 3 is 2.55 bits per heavy atom. The summed E-state index contributed by atoms with van der Waals surface area (Å²) in [4.78, 5) is 14.0. The number of carbonyl (C=O) groups excluding carboxylic acids is 1. The molecule has 1 aliphatic rings. The van der Waals surface area contributed by atoms with E-state index in [1.165, 1.54) is 0 Å². The van der Waals surface area contributed by atoms with Gasteiger partial charge in [-0.15, -0.1) is 0 Å². The van der Waals surface area contributed by atoms with Crippen LogP contribution in [0.3, 0.4) is 0 Å². The Morgan fingerprint density at radius 1 is 1.27 bits per heavy atom. The summed E-state index contributed by atoms with van der Waals surface area (Å²) in [5, 5.41) is 2.51. The van der Waals surface area contributed by atoms with Crippen LogP contribution in [0.15, 0.2) is 0 Å². The van der Waals surface area contributed by atoms with Crippen LogP contribution in [0.2, 0.25) is 0 Å². The lowest BCUT2D eigenvalue weighted by Crippen LogP contribution is -2.46. The number of carbonyl (C=O) groups is 1. The van der Waals surface area contributed by atoms with Gasteiger partial charge >= 0.3 is 0 Å². The number of nitrogens with zero attached hydrogens (tertiary/aromatic N) is 1. The highest BCUT2D eigenvalue weighted by atomic mass is 32.2. The molecule has 2 N–H and O–H groups in total. The first kappa shape index (κ1) is 19.4. The summed E-state index contributed by atoms with van der Waals surface area (Å²) < 4.78 is 26.3. The minimum atomic E-state index is -3.20. The van der Waals surface area contributed by atoms with E-state index in [2.05, 4.69) is 28.8 Å². The molecule has 1 fully saturated rings. The minimum absolute atomic E-state index is 0.0529. The summed E-state index contributed by atoms with van der Waals surface area (Å²) in [6.07, 6.45) is 2.01. The zero-order chi connectivity index (χ0) is 16.8. The van der Waals surface area contributed by atoms with Crippen LogP contribution in [-0.2, 0) is 14.8 Å². The Kier molecular flexibility index (Phi) is 7.79. The van der Waals surface area contributed by atoms with Gasteiger partial charge in [0.15, 0.2) is 0 Å². The van der Waals surface area contributed by atoms with Crippen LogP contribution in [0.25, 0.3) is 0 Å². The predicted octanol–water partition coefficient (Wildman–Crippen LogP) is 0.798. The first-order valence-electron chi connectivity index (χ1n) is 8.18. The van der Waals surface area contributed by atoms with Crippen molar-refractivity contribution in [3.05, 3.63) is 0 Å². The molecule has 0 aromatic rings. The second-order valence-electron chi connectivity index (χ2n) is 6.88. The van der Waals surface area contributed by atoms with Crippen molar-refractivity contribution in [2.24, 2.45) is 11.8 Å². The third-order valence-corrected chi connectivity index (χ3v) is 5.68. The molecule has 1 atom stereocenters. The molecule has 1 aliphatic heterocycles. The van der Waals surface area contributed by atoms with Crippen molar-refractivity contribution in [3.63, 3.8) is 0 Å². The summed E-state index contributed by atoms with van der Waals surface area (Å²) in [6.45, 7) is 10.7.